The van der Waals surface area contributed by atoms with Gasteiger partial charge in [-0.1, -0.05) is 19.3 Å². The molecule has 0 atom stereocenters. The van der Waals surface area contributed by atoms with Gasteiger partial charge in [-0.25, -0.2) is 0 Å². The number of carbonyl (C=O) groups excluding carboxylic acids is 1. The molecule has 4 heteroatoms. The van der Waals surface area contributed by atoms with Gasteiger partial charge < -0.3 is 10.6 Å². The minimum Gasteiger partial charge on any atom is -0.381 e. The van der Waals surface area contributed by atoms with Crippen molar-refractivity contribution in [1.29, 1.82) is 0 Å². The van der Waals surface area contributed by atoms with Crippen LogP contribution >= 0.6 is 0 Å². The highest BCUT2D eigenvalue weighted by Crippen LogP contribution is 2.21. The van der Waals surface area contributed by atoms with Crippen molar-refractivity contribution in [3.8, 4) is 0 Å². The molecule has 0 spiro atoms. The highest BCUT2D eigenvalue weighted by Gasteiger charge is 2.17. The van der Waals surface area contributed by atoms with E-state index in [2.05, 4.69) is 15.6 Å². The Morgan fingerprint density at radius 1 is 1.20 bits per heavy atom. The molecule has 2 N–H and O–H groups in total. The van der Waals surface area contributed by atoms with Gasteiger partial charge in [0.1, 0.15) is 0 Å². The summed E-state index contributed by atoms with van der Waals surface area (Å²) in [5.74, 6) is -0.0719. The second-order valence-electron chi connectivity index (χ2n) is 6.65. The number of hydrogen-bond donors (Lipinski definition) is 2. The predicted molar refractivity (Wildman–Crippen MR) is 82.0 cm³/mol. The molecule has 1 aromatic heterocycles. The lowest BCUT2D eigenvalue weighted by molar-refractivity contribution is 0.0919. The Morgan fingerprint density at radius 2 is 1.90 bits per heavy atom. The maximum Gasteiger partial charge on any atom is 0.253 e. The molecular formula is C16H25N3O. The van der Waals surface area contributed by atoms with Crippen molar-refractivity contribution in [2.45, 2.75) is 64.5 Å². The van der Waals surface area contributed by atoms with E-state index >= 15 is 0 Å². The van der Waals surface area contributed by atoms with Crippen molar-refractivity contribution in [3.05, 3.63) is 24.0 Å². The summed E-state index contributed by atoms with van der Waals surface area (Å²) < 4.78 is 0. The van der Waals surface area contributed by atoms with Crippen molar-refractivity contribution >= 4 is 11.6 Å². The molecule has 1 aliphatic rings. The molecule has 110 valence electrons. The molecule has 1 saturated carbocycles. The average Bonchev–Trinajstić information content (AvgIpc) is 2.38. The fraction of sp³-hybridized carbons (Fsp3) is 0.625. The SMILES string of the molecule is CC(C)(C)NC(=O)c1cncc(NC2CCCCC2)c1. The van der Waals surface area contributed by atoms with Crippen molar-refractivity contribution in [3.63, 3.8) is 0 Å². The second-order valence-corrected chi connectivity index (χ2v) is 6.65. The zero-order valence-corrected chi connectivity index (χ0v) is 12.7. The number of pyridine rings is 1. The molecule has 1 fully saturated rings. The van der Waals surface area contributed by atoms with Crippen LogP contribution in [0.15, 0.2) is 18.5 Å². The fourth-order valence-corrected chi connectivity index (χ4v) is 2.54. The van der Waals surface area contributed by atoms with Crippen LogP contribution in [0.5, 0.6) is 0 Å². The Hall–Kier alpha value is -1.58. The molecule has 1 aromatic rings. The molecule has 0 bridgehead atoms. The van der Waals surface area contributed by atoms with Crippen molar-refractivity contribution in [1.82, 2.24) is 10.3 Å². The smallest absolute Gasteiger partial charge is 0.253 e. The Bertz CT molecular complexity index is 459. The summed E-state index contributed by atoms with van der Waals surface area (Å²) in [5, 5.41) is 6.46. The van der Waals surface area contributed by atoms with E-state index in [-0.39, 0.29) is 11.4 Å². The second kappa shape index (κ2) is 6.25. The van der Waals surface area contributed by atoms with Crippen LogP contribution in [0.2, 0.25) is 0 Å². The normalized spacial score (nSPS) is 16.8. The van der Waals surface area contributed by atoms with Crippen molar-refractivity contribution < 1.29 is 4.79 Å². The fourth-order valence-electron chi connectivity index (χ4n) is 2.54. The van der Waals surface area contributed by atoms with Crippen LogP contribution in [0.25, 0.3) is 0 Å². The van der Waals surface area contributed by atoms with E-state index in [1.165, 1.54) is 32.1 Å². The maximum absolute atomic E-state index is 12.1. The summed E-state index contributed by atoms with van der Waals surface area (Å²) in [7, 11) is 0. The van der Waals surface area contributed by atoms with Crippen LogP contribution in [0.4, 0.5) is 5.69 Å². The third-order valence-corrected chi connectivity index (χ3v) is 3.46. The average molecular weight is 275 g/mol. The molecule has 0 aromatic carbocycles. The summed E-state index contributed by atoms with van der Waals surface area (Å²) >= 11 is 0. The van der Waals surface area contributed by atoms with Gasteiger partial charge >= 0.3 is 0 Å². The van der Waals surface area contributed by atoms with E-state index in [0.717, 1.165) is 5.69 Å². The number of nitrogens with one attached hydrogen (secondary N) is 2. The third-order valence-electron chi connectivity index (χ3n) is 3.46. The molecule has 2 rings (SSSR count). The predicted octanol–water partition coefficient (Wildman–Crippen LogP) is 3.35. The van der Waals surface area contributed by atoms with E-state index < -0.39 is 0 Å². The monoisotopic (exact) mass is 275 g/mol. The lowest BCUT2D eigenvalue weighted by atomic mass is 9.95. The lowest BCUT2D eigenvalue weighted by Crippen LogP contribution is -2.40. The van der Waals surface area contributed by atoms with Crippen LogP contribution in [0.3, 0.4) is 0 Å². The van der Waals surface area contributed by atoms with E-state index in [0.29, 0.717) is 11.6 Å². The molecular weight excluding hydrogens is 250 g/mol. The first-order chi connectivity index (χ1) is 9.44. The van der Waals surface area contributed by atoms with E-state index in [4.69, 9.17) is 0 Å². The summed E-state index contributed by atoms with van der Waals surface area (Å²) in [6.45, 7) is 5.92. The minimum absolute atomic E-state index is 0.0719. The standard InChI is InChI=1S/C16H25N3O/c1-16(2,3)19-15(20)12-9-14(11-17-10-12)18-13-7-5-4-6-8-13/h9-11,13,18H,4-8H2,1-3H3,(H,19,20). The molecule has 1 aliphatic carbocycles. The molecule has 20 heavy (non-hydrogen) atoms. The van der Waals surface area contributed by atoms with Gasteiger partial charge in [0.15, 0.2) is 0 Å². The molecule has 0 radical (unpaired) electrons. The van der Waals surface area contributed by atoms with Gasteiger partial charge in [0.2, 0.25) is 0 Å². The largest absolute Gasteiger partial charge is 0.381 e. The van der Waals surface area contributed by atoms with Crippen LogP contribution in [0.1, 0.15) is 63.2 Å². The number of anilines is 1. The van der Waals surface area contributed by atoms with Crippen LogP contribution in [-0.4, -0.2) is 22.5 Å². The third kappa shape index (κ3) is 4.51. The minimum atomic E-state index is -0.232. The highest BCUT2D eigenvalue weighted by atomic mass is 16.1. The van der Waals surface area contributed by atoms with E-state index in [1.54, 1.807) is 12.4 Å². The zero-order chi connectivity index (χ0) is 14.6. The van der Waals surface area contributed by atoms with Crippen molar-refractivity contribution in [2.75, 3.05) is 5.32 Å². The Labute approximate surface area is 121 Å². The number of nitrogens with zero attached hydrogens (tertiary/aromatic N) is 1. The summed E-state index contributed by atoms with van der Waals surface area (Å²) in [5.41, 5.74) is 1.32. The van der Waals surface area contributed by atoms with Gasteiger partial charge in [-0.05, 0) is 39.7 Å². The molecule has 0 saturated heterocycles. The first-order valence-electron chi connectivity index (χ1n) is 7.48. The van der Waals surface area contributed by atoms with Crippen LogP contribution in [-0.2, 0) is 0 Å². The van der Waals surface area contributed by atoms with Crippen LogP contribution < -0.4 is 10.6 Å². The molecule has 0 aliphatic heterocycles. The molecule has 4 nitrogen and oxygen atoms in total. The number of amides is 1. The van der Waals surface area contributed by atoms with Crippen molar-refractivity contribution in [2.24, 2.45) is 0 Å². The van der Waals surface area contributed by atoms with Gasteiger partial charge in [-0.2, -0.15) is 0 Å². The first-order valence-corrected chi connectivity index (χ1v) is 7.48. The molecule has 1 amide bonds. The van der Waals surface area contributed by atoms with Gasteiger partial charge in [0, 0.05) is 24.0 Å². The summed E-state index contributed by atoms with van der Waals surface area (Å²) in [4.78, 5) is 16.3. The highest BCUT2D eigenvalue weighted by molar-refractivity contribution is 5.95. The quantitative estimate of drug-likeness (QED) is 0.889. The maximum atomic E-state index is 12.1. The van der Waals surface area contributed by atoms with Crippen LogP contribution in [0, 0.1) is 0 Å². The van der Waals surface area contributed by atoms with Gasteiger partial charge in [0.05, 0.1) is 11.3 Å². The number of rotatable bonds is 3. The molecule has 1 heterocycles. The Morgan fingerprint density at radius 3 is 2.55 bits per heavy atom. The van der Waals surface area contributed by atoms with E-state index in [1.807, 2.05) is 26.8 Å². The molecule has 0 unspecified atom stereocenters. The Kier molecular flexibility index (Phi) is 4.63. The number of aromatic nitrogens is 1. The van der Waals surface area contributed by atoms with Gasteiger partial charge in [-0.15, -0.1) is 0 Å². The zero-order valence-electron chi connectivity index (χ0n) is 12.7. The first kappa shape index (κ1) is 14.8. The van der Waals surface area contributed by atoms with Gasteiger partial charge in [-0.3, -0.25) is 9.78 Å². The lowest BCUT2D eigenvalue weighted by Gasteiger charge is -2.24. The number of hydrogen-bond acceptors (Lipinski definition) is 3. The van der Waals surface area contributed by atoms with Gasteiger partial charge in [0.25, 0.3) is 5.91 Å². The Balaban J connectivity index is 2.01. The summed E-state index contributed by atoms with van der Waals surface area (Å²) in [6, 6.07) is 2.41. The summed E-state index contributed by atoms with van der Waals surface area (Å²) in [6.07, 6.45) is 9.74. The topological polar surface area (TPSA) is 54.0 Å². The number of carbonyl (C=O) groups is 1. The van der Waals surface area contributed by atoms with E-state index in [9.17, 15) is 4.79 Å².